The Balaban J connectivity index is 1.60. The van der Waals surface area contributed by atoms with Crippen molar-refractivity contribution in [1.29, 1.82) is 0 Å². The van der Waals surface area contributed by atoms with E-state index in [1.807, 2.05) is 37.3 Å². The third-order valence-electron chi connectivity index (χ3n) is 5.11. The van der Waals surface area contributed by atoms with Crippen LogP contribution in [0.5, 0.6) is 0 Å². The molecule has 8 nitrogen and oxygen atoms in total. The quantitative estimate of drug-likeness (QED) is 0.440. The normalized spacial score (nSPS) is 10.9. The predicted molar refractivity (Wildman–Crippen MR) is 126 cm³/mol. The molecular weight excluding hydrogens is 472 g/mol. The summed E-state index contributed by atoms with van der Waals surface area (Å²) in [5.41, 5.74) is 3.74. The van der Waals surface area contributed by atoms with Gasteiger partial charge in [0.05, 0.1) is 12.1 Å². The van der Waals surface area contributed by atoms with Crippen LogP contribution in [0.15, 0.2) is 58.1 Å². The Hall–Kier alpha value is -3.59. The first-order valence-electron chi connectivity index (χ1n) is 9.93. The molecule has 0 saturated heterocycles. The maximum Gasteiger partial charge on any atom is 0.255 e. The molecule has 0 aliphatic rings. The highest BCUT2D eigenvalue weighted by Gasteiger charge is 2.19. The van der Waals surface area contributed by atoms with Gasteiger partial charge in [0, 0.05) is 46.3 Å². The second-order valence-corrected chi connectivity index (χ2v) is 8.30. The molecule has 0 fully saturated rings. The summed E-state index contributed by atoms with van der Waals surface area (Å²) in [7, 11) is 1.77. The Labute approximate surface area is 192 Å². The van der Waals surface area contributed by atoms with Crippen LogP contribution in [0.3, 0.4) is 0 Å². The van der Waals surface area contributed by atoms with Gasteiger partial charge in [-0.1, -0.05) is 28.1 Å². The fourth-order valence-corrected chi connectivity index (χ4v) is 3.82. The fourth-order valence-electron chi connectivity index (χ4n) is 3.56. The number of benzene rings is 1. The minimum atomic E-state index is -0.346. The van der Waals surface area contributed by atoms with Gasteiger partial charge in [-0.05, 0) is 43.7 Å². The molecule has 0 aliphatic carbocycles. The van der Waals surface area contributed by atoms with Crippen LogP contribution in [0.1, 0.15) is 17.0 Å². The van der Waals surface area contributed by atoms with Crippen LogP contribution in [0, 0.1) is 13.8 Å². The van der Waals surface area contributed by atoms with Crippen LogP contribution >= 0.6 is 15.9 Å². The first-order chi connectivity index (χ1) is 15.3. The van der Waals surface area contributed by atoms with Crippen LogP contribution in [-0.2, 0) is 18.3 Å². The summed E-state index contributed by atoms with van der Waals surface area (Å²) in [5, 5.41) is 7.38. The highest BCUT2D eigenvalue weighted by atomic mass is 79.9. The number of nitrogens with one attached hydrogen (secondary N) is 2. The number of carbonyl (C=O) groups is 1. The molecule has 0 aliphatic heterocycles. The maximum absolute atomic E-state index is 12.9. The van der Waals surface area contributed by atoms with Gasteiger partial charge in [0.15, 0.2) is 0 Å². The molecule has 0 bridgehead atoms. The monoisotopic (exact) mass is 492 g/mol. The van der Waals surface area contributed by atoms with E-state index < -0.39 is 0 Å². The molecule has 0 radical (unpaired) electrons. The van der Waals surface area contributed by atoms with Crippen molar-refractivity contribution >= 4 is 27.7 Å². The first kappa shape index (κ1) is 21.6. The minimum Gasteiger partial charge on any atom is -0.310 e. The van der Waals surface area contributed by atoms with Crippen LogP contribution in [0.2, 0.25) is 0 Å². The zero-order valence-electron chi connectivity index (χ0n) is 17.8. The highest BCUT2D eigenvalue weighted by molar-refractivity contribution is 9.10. The molecule has 3 heterocycles. The highest BCUT2D eigenvalue weighted by Crippen LogP contribution is 2.32. The number of pyridine rings is 1. The predicted octanol–water partition coefficient (Wildman–Crippen LogP) is 3.79. The van der Waals surface area contributed by atoms with Gasteiger partial charge in [0.1, 0.15) is 11.6 Å². The van der Waals surface area contributed by atoms with Crippen molar-refractivity contribution < 1.29 is 4.79 Å². The van der Waals surface area contributed by atoms with E-state index in [4.69, 9.17) is 0 Å². The number of hydrogen-bond donors (Lipinski definition) is 2. The summed E-state index contributed by atoms with van der Waals surface area (Å²) < 4.78 is 2.59. The second-order valence-electron chi connectivity index (χ2n) is 7.38. The molecule has 4 aromatic rings. The van der Waals surface area contributed by atoms with Crippen LogP contribution < -0.4 is 10.9 Å². The molecule has 1 amide bonds. The summed E-state index contributed by atoms with van der Waals surface area (Å²) >= 11 is 3.44. The molecule has 0 atom stereocenters. The van der Waals surface area contributed by atoms with Crippen molar-refractivity contribution in [1.82, 2.24) is 24.7 Å². The van der Waals surface area contributed by atoms with Crippen molar-refractivity contribution in [3.05, 3.63) is 80.6 Å². The van der Waals surface area contributed by atoms with Gasteiger partial charge in [-0.25, -0.2) is 4.98 Å². The number of carbonyl (C=O) groups excluding carboxylic acids is 1. The van der Waals surface area contributed by atoms with Crippen LogP contribution in [0.25, 0.3) is 22.5 Å². The Kier molecular flexibility index (Phi) is 6.00. The summed E-state index contributed by atoms with van der Waals surface area (Å²) in [6.45, 7) is 3.61. The number of H-pyrrole nitrogens is 1. The van der Waals surface area contributed by atoms with E-state index in [1.54, 1.807) is 37.1 Å². The molecule has 9 heteroatoms. The van der Waals surface area contributed by atoms with E-state index in [1.165, 1.54) is 0 Å². The molecule has 3 aromatic heterocycles. The fraction of sp³-hybridized carbons (Fsp3) is 0.174. The number of aromatic nitrogens is 5. The molecular formula is C23H21BrN6O2. The van der Waals surface area contributed by atoms with Gasteiger partial charge in [0.2, 0.25) is 5.91 Å². The largest absolute Gasteiger partial charge is 0.310 e. The Morgan fingerprint density at radius 2 is 1.88 bits per heavy atom. The van der Waals surface area contributed by atoms with Gasteiger partial charge in [-0.15, -0.1) is 0 Å². The first-order valence-corrected chi connectivity index (χ1v) is 10.7. The van der Waals surface area contributed by atoms with Gasteiger partial charge in [-0.2, -0.15) is 5.10 Å². The van der Waals surface area contributed by atoms with Crippen molar-refractivity contribution in [2.24, 2.45) is 7.05 Å². The van der Waals surface area contributed by atoms with E-state index in [-0.39, 0.29) is 17.9 Å². The lowest BCUT2D eigenvalue weighted by atomic mass is 10.1. The molecule has 0 unspecified atom stereocenters. The Bertz CT molecular complexity index is 1340. The summed E-state index contributed by atoms with van der Waals surface area (Å²) in [6.07, 6.45) is 3.17. The number of anilines is 1. The lowest BCUT2D eigenvalue weighted by Gasteiger charge is -2.11. The summed E-state index contributed by atoms with van der Waals surface area (Å²) in [5.74, 6) is 0.671. The zero-order chi connectivity index (χ0) is 22.8. The summed E-state index contributed by atoms with van der Waals surface area (Å²) in [6, 6.07) is 11.4. The Morgan fingerprint density at radius 1 is 1.12 bits per heavy atom. The molecule has 1 aromatic carbocycles. The van der Waals surface area contributed by atoms with E-state index in [9.17, 15) is 9.59 Å². The minimum absolute atomic E-state index is 0.106. The molecule has 0 saturated carbocycles. The Morgan fingerprint density at radius 3 is 2.53 bits per heavy atom. The van der Waals surface area contributed by atoms with Crippen molar-refractivity contribution in [2.45, 2.75) is 20.3 Å². The van der Waals surface area contributed by atoms with Gasteiger partial charge in [-0.3, -0.25) is 19.3 Å². The van der Waals surface area contributed by atoms with E-state index in [0.29, 0.717) is 28.5 Å². The van der Waals surface area contributed by atoms with E-state index >= 15 is 0 Å². The summed E-state index contributed by atoms with van der Waals surface area (Å²) in [4.78, 5) is 36.8. The van der Waals surface area contributed by atoms with Crippen LogP contribution in [0.4, 0.5) is 5.82 Å². The van der Waals surface area contributed by atoms with Crippen molar-refractivity contribution in [3.63, 3.8) is 0 Å². The average molecular weight is 493 g/mol. The van der Waals surface area contributed by atoms with Crippen LogP contribution in [-0.4, -0.2) is 30.6 Å². The van der Waals surface area contributed by atoms with Gasteiger partial charge < -0.3 is 10.3 Å². The lowest BCUT2D eigenvalue weighted by Crippen LogP contribution is -2.24. The third-order valence-corrected chi connectivity index (χ3v) is 5.64. The molecule has 32 heavy (non-hydrogen) atoms. The van der Waals surface area contributed by atoms with Gasteiger partial charge >= 0.3 is 0 Å². The third kappa shape index (κ3) is 4.38. The van der Waals surface area contributed by atoms with E-state index in [0.717, 1.165) is 21.3 Å². The van der Waals surface area contributed by atoms with Gasteiger partial charge in [0.25, 0.3) is 5.56 Å². The molecule has 4 rings (SSSR count). The number of aryl methyl sites for hydroxylation is 3. The number of hydrogen-bond acceptors (Lipinski definition) is 5. The number of amides is 1. The van der Waals surface area contributed by atoms with Crippen molar-refractivity contribution in [3.8, 4) is 22.5 Å². The topological polar surface area (TPSA) is 106 Å². The zero-order valence-corrected chi connectivity index (χ0v) is 19.4. The smallest absolute Gasteiger partial charge is 0.255 e. The molecule has 0 spiro atoms. The molecule has 162 valence electrons. The standard InChI is InChI=1S/C23H21BrN6O2/c1-13-18(23(32)28-21(26-13)16-5-4-10-25-12-16)11-19(31)27-22-20(14(2)29-30(22)3)15-6-8-17(24)9-7-15/h4-10,12H,11H2,1-3H3,(H,27,31)(H,26,28,32). The maximum atomic E-state index is 12.9. The number of halogens is 1. The second kappa shape index (κ2) is 8.88. The number of nitrogens with zero attached hydrogens (tertiary/aromatic N) is 4. The molecule has 2 N–H and O–H groups in total. The number of aromatic amines is 1. The number of rotatable bonds is 5. The average Bonchev–Trinajstić information content (AvgIpc) is 3.04. The van der Waals surface area contributed by atoms with Crippen molar-refractivity contribution in [2.75, 3.05) is 5.32 Å². The van der Waals surface area contributed by atoms with E-state index in [2.05, 4.69) is 41.3 Å². The SMILES string of the molecule is Cc1nn(C)c(NC(=O)Cc2c(C)nc(-c3cccnc3)[nH]c2=O)c1-c1ccc(Br)cc1. The lowest BCUT2D eigenvalue weighted by molar-refractivity contribution is -0.115.